The fourth-order valence-corrected chi connectivity index (χ4v) is 7.38. The van der Waals surface area contributed by atoms with Gasteiger partial charge in [0.2, 0.25) is 0 Å². The number of methoxy groups -OCH3 is 2. The summed E-state index contributed by atoms with van der Waals surface area (Å²) in [5, 5.41) is 11.2. The number of carbonyl (C=O) groups excluding carboxylic acids is 1. The maximum atomic E-state index is 13.3. The Morgan fingerprint density at radius 3 is 1.58 bits per heavy atom. The van der Waals surface area contributed by atoms with Gasteiger partial charge >= 0.3 is 0 Å². The highest BCUT2D eigenvalue weighted by atomic mass is 35.5. The van der Waals surface area contributed by atoms with Crippen molar-refractivity contribution in [2.45, 2.75) is 45.9 Å². The molecule has 0 aliphatic rings. The Morgan fingerprint density at radius 2 is 1.10 bits per heavy atom. The lowest BCUT2D eigenvalue weighted by Gasteiger charge is -2.19. The molecule has 4 aromatic heterocycles. The summed E-state index contributed by atoms with van der Waals surface area (Å²) in [5.41, 5.74) is 5.24. The fourth-order valence-electron chi connectivity index (χ4n) is 7.38. The number of nitrogens with zero attached hydrogens (tertiary/aromatic N) is 6. The van der Waals surface area contributed by atoms with Gasteiger partial charge in [0.25, 0.3) is 11.1 Å². The van der Waals surface area contributed by atoms with E-state index in [-0.39, 0.29) is 45.7 Å². The van der Waals surface area contributed by atoms with E-state index in [1.165, 1.54) is 46.6 Å². The van der Waals surface area contributed by atoms with E-state index in [1.54, 1.807) is 105 Å². The number of rotatable bonds is 12. The fraction of sp³-hybridized carbons (Fsp3) is 0.196. The zero-order valence-corrected chi connectivity index (χ0v) is 39.0. The number of benzene rings is 4. The molecule has 0 aliphatic carbocycles. The summed E-state index contributed by atoms with van der Waals surface area (Å²) in [6.45, 7) is 7.46. The Kier molecular flexibility index (Phi) is 16.5. The van der Waals surface area contributed by atoms with E-state index >= 15 is 0 Å². The number of hydrogen-bond acceptors (Lipinski definition) is 8. The zero-order valence-electron chi connectivity index (χ0n) is 37.5. The molecule has 8 aromatic rings. The highest BCUT2D eigenvalue weighted by molar-refractivity contribution is 6.40. The Balaban J connectivity index is 0.000000209. The van der Waals surface area contributed by atoms with Gasteiger partial charge in [0.05, 0.1) is 78.2 Å². The number of pyridine rings is 2. The van der Waals surface area contributed by atoms with Crippen molar-refractivity contribution < 1.29 is 28.2 Å². The molecule has 3 atom stereocenters. The quantitative estimate of drug-likeness (QED) is 0.0945. The van der Waals surface area contributed by atoms with Crippen LogP contribution in [0.3, 0.4) is 0 Å². The summed E-state index contributed by atoms with van der Waals surface area (Å²) in [5.74, 6) is -0.0393. The van der Waals surface area contributed by atoms with E-state index in [0.717, 1.165) is 33.9 Å². The topological polar surface area (TPSA) is 135 Å². The molecule has 67 heavy (non-hydrogen) atoms. The lowest BCUT2D eigenvalue weighted by Crippen LogP contribution is -2.28. The van der Waals surface area contributed by atoms with Gasteiger partial charge in [-0.3, -0.25) is 14.4 Å². The molecule has 0 fully saturated rings. The minimum atomic E-state index is -1.14. The minimum Gasteiger partial charge on any atom is -0.495 e. The van der Waals surface area contributed by atoms with E-state index in [0.29, 0.717) is 22.6 Å². The zero-order chi connectivity index (χ0) is 48.4. The first-order valence-corrected chi connectivity index (χ1v) is 21.9. The number of ether oxygens (including phenoxy) is 2. The van der Waals surface area contributed by atoms with Crippen molar-refractivity contribution in [2.75, 3.05) is 19.6 Å². The number of halogens is 4. The van der Waals surface area contributed by atoms with Crippen LogP contribution in [0.25, 0.3) is 11.4 Å². The Morgan fingerprint density at radius 1 is 0.657 bits per heavy atom. The van der Waals surface area contributed by atoms with Crippen molar-refractivity contribution >= 4 is 29.0 Å². The largest absolute Gasteiger partial charge is 0.495 e. The highest BCUT2D eigenvalue weighted by Crippen LogP contribution is 2.30. The molecule has 0 bridgehead atoms. The molecule has 3 unspecified atom stereocenters. The van der Waals surface area contributed by atoms with Crippen molar-refractivity contribution in [2.24, 2.45) is 0 Å². The maximum absolute atomic E-state index is 13.3. The third kappa shape index (κ3) is 11.5. The Bertz CT molecular complexity index is 3080. The Hall–Kier alpha value is -7.13. The lowest BCUT2D eigenvalue weighted by molar-refractivity contribution is 0.103. The molecule has 0 aliphatic heterocycles. The van der Waals surface area contributed by atoms with Crippen LogP contribution in [-0.2, 0) is 0 Å². The van der Waals surface area contributed by atoms with E-state index in [4.69, 9.17) is 32.7 Å². The van der Waals surface area contributed by atoms with Crippen molar-refractivity contribution in [1.29, 1.82) is 0 Å². The predicted molar refractivity (Wildman–Crippen MR) is 256 cm³/mol. The van der Waals surface area contributed by atoms with Gasteiger partial charge in [0, 0.05) is 30.4 Å². The molecule has 4 aromatic carbocycles. The monoisotopic (exact) mass is 948 g/mol. The minimum absolute atomic E-state index is 0.0507. The third-order valence-corrected chi connectivity index (χ3v) is 11.0. The summed E-state index contributed by atoms with van der Waals surface area (Å²) in [7, 11) is 3.08. The van der Waals surface area contributed by atoms with Gasteiger partial charge in [-0.1, -0.05) is 30.3 Å². The molecule has 0 saturated carbocycles. The predicted octanol–water partition coefficient (Wildman–Crippen LogP) is 9.93. The third-order valence-electron chi connectivity index (χ3n) is 11.0. The normalized spacial score (nSPS) is 12.2. The molecular formula is C51H48Cl2F2N6O6. The Labute approximate surface area is 395 Å². The molecule has 0 radical (unpaired) electrons. The number of aryl methyl sites for hydroxylation is 2. The molecule has 0 saturated heterocycles. The van der Waals surface area contributed by atoms with Crippen LogP contribution in [0.5, 0.6) is 11.5 Å². The number of alkyl halides is 2. The van der Waals surface area contributed by atoms with Gasteiger partial charge in [-0.15, -0.1) is 23.2 Å². The van der Waals surface area contributed by atoms with Crippen LogP contribution in [0.1, 0.15) is 81.6 Å². The summed E-state index contributed by atoms with van der Waals surface area (Å²) < 4.78 is 44.2. The summed E-state index contributed by atoms with van der Waals surface area (Å²) in [4.78, 5) is 48.0. The van der Waals surface area contributed by atoms with Crippen LogP contribution < -0.4 is 20.6 Å². The second-order valence-electron chi connectivity index (χ2n) is 15.3. The standard InChI is InChI=1S/C25H24FN3O3.C25H22FN3O3.CH2Cl2/c2*1-16-14-28(15-27-16)22-11-8-19(13-23(22)32-3)24(30)21-5-4-12-29(25(21)31)17(2)18-6-9-20(26)10-7-18;2-1-3/h4-15,17,24,30H,1-3H3;4-15,17H,1-3H3;1H2. The average Bonchev–Trinajstić information content (AvgIpc) is 3.98. The number of aliphatic hydroxyl groups is 1. The average molecular weight is 950 g/mol. The number of carbonyl (C=O) groups is 1. The van der Waals surface area contributed by atoms with Crippen LogP contribution in [0.2, 0.25) is 0 Å². The van der Waals surface area contributed by atoms with Crippen LogP contribution in [0.15, 0.2) is 156 Å². The van der Waals surface area contributed by atoms with Crippen LogP contribution >= 0.6 is 23.2 Å². The van der Waals surface area contributed by atoms with E-state index in [9.17, 15) is 28.3 Å². The van der Waals surface area contributed by atoms with Crippen LogP contribution in [0.4, 0.5) is 8.78 Å². The number of imidazole rings is 2. The number of hydrogen-bond donors (Lipinski definition) is 1. The van der Waals surface area contributed by atoms with Crippen molar-refractivity contribution in [3.8, 4) is 22.9 Å². The van der Waals surface area contributed by atoms with E-state index in [2.05, 4.69) is 9.97 Å². The first kappa shape index (κ1) is 49.3. The summed E-state index contributed by atoms with van der Waals surface area (Å²) >= 11 is 9.53. The van der Waals surface area contributed by atoms with Gasteiger partial charge in [0.15, 0.2) is 5.78 Å². The van der Waals surface area contributed by atoms with Crippen molar-refractivity contribution in [3.05, 3.63) is 224 Å². The first-order valence-electron chi connectivity index (χ1n) is 20.8. The van der Waals surface area contributed by atoms with Gasteiger partial charge in [-0.25, -0.2) is 18.7 Å². The summed E-state index contributed by atoms with van der Waals surface area (Å²) in [6.07, 6.45) is 9.24. The first-order chi connectivity index (χ1) is 32.2. The molecular weight excluding hydrogens is 901 g/mol. The second kappa shape index (κ2) is 22.4. The maximum Gasteiger partial charge on any atom is 0.262 e. The van der Waals surface area contributed by atoms with Gasteiger partial charge in [-0.2, -0.15) is 0 Å². The number of aliphatic hydroxyl groups excluding tert-OH is 1. The molecule has 346 valence electrons. The van der Waals surface area contributed by atoms with Crippen molar-refractivity contribution in [1.82, 2.24) is 28.2 Å². The van der Waals surface area contributed by atoms with Gasteiger partial charge in [-0.05, 0) is 123 Å². The molecule has 0 spiro atoms. The lowest BCUT2D eigenvalue weighted by atomic mass is 10.0. The molecule has 16 heteroatoms. The smallest absolute Gasteiger partial charge is 0.262 e. The molecule has 12 nitrogen and oxygen atoms in total. The molecule has 8 rings (SSSR count). The second-order valence-corrected chi connectivity index (χ2v) is 16.1. The highest BCUT2D eigenvalue weighted by Gasteiger charge is 2.22. The van der Waals surface area contributed by atoms with E-state index < -0.39 is 17.4 Å². The number of ketones is 1. The van der Waals surface area contributed by atoms with Gasteiger partial charge in [0.1, 0.15) is 29.2 Å². The van der Waals surface area contributed by atoms with E-state index in [1.807, 2.05) is 55.3 Å². The van der Waals surface area contributed by atoms with Crippen molar-refractivity contribution in [3.63, 3.8) is 0 Å². The summed E-state index contributed by atoms with van der Waals surface area (Å²) in [6, 6.07) is 28.1. The van der Waals surface area contributed by atoms with Crippen LogP contribution in [0, 0.1) is 25.5 Å². The molecule has 1 N–H and O–H groups in total. The number of aromatic nitrogens is 6. The molecule has 0 amide bonds. The SMILES string of the molecule is COc1cc(C(=O)c2cccn(C(C)c3ccc(F)cc3)c2=O)ccc1-n1cnc(C)c1.COc1cc(C(O)c2cccn(C(C)c3ccc(F)cc3)c2=O)ccc1-n1cnc(C)c1.ClCCl. The van der Waals surface area contributed by atoms with Gasteiger partial charge < -0.3 is 32.8 Å². The molecule has 4 heterocycles. The van der Waals surface area contributed by atoms with Crippen LogP contribution in [-0.4, -0.2) is 58.7 Å².